The van der Waals surface area contributed by atoms with E-state index >= 15 is 0 Å². The van der Waals surface area contributed by atoms with Crippen molar-refractivity contribution in [2.75, 3.05) is 13.1 Å². The zero-order chi connectivity index (χ0) is 16.2. The number of amides is 3. The first-order valence-corrected chi connectivity index (χ1v) is 7.44. The molecule has 1 aliphatic carbocycles. The van der Waals surface area contributed by atoms with Gasteiger partial charge >= 0.3 is 6.03 Å². The van der Waals surface area contributed by atoms with Crippen molar-refractivity contribution in [3.63, 3.8) is 0 Å². The fourth-order valence-corrected chi connectivity index (χ4v) is 2.03. The molecule has 0 heterocycles. The molecule has 2 rings (SSSR count). The van der Waals surface area contributed by atoms with E-state index in [1.54, 1.807) is 12.1 Å². The van der Waals surface area contributed by atoms with Crippen LogP contribution in [0.1, 0.15) is 32.3 Å². The lowest BCUT2D eigenvalue weighted by atomic mass is 9.84. The van der Waals surface area contributed by atoms with Crippen molar-refractivity contribution in [3.8, 4) is 0 Å². The summed E-state index contributed by atoms with van der Waals surface area (Å²) in [6, 6.07) is 6.12. The molecular formula is C16H22FN3O2. The van der Waals surface area contributed by atoms with Crippen LogP contribution in [0.5, 0.6) is 0 Å². The highest BCUT2D eigenvalue weighted by atomic mass is 19.1. The second-order valence-corrected chi connectivity index (χ2v) is 6.27. The Balaban J connectivity index is 1.74. The number of benzene rings is 1. The summed E-state index contributed by atoms with van der Waals surface area (Å²) in [5.41, 5.74) is 0.599. The molecule has 0 atom stereocenters. The summed E-state index contributed by atoms with van der Waals surface area (Å²) in [4.78, 5) is 23.2. The molecule has 6 heteroatoms. The second kappa shape index (κ2) is 6.77. The highest BCUT2D eigenvalue weighted by Gasteiger charge is 2.24. The Kier molecular flexibility index (Phi) is 5.00. The Labute approximate surface area is 129 Å². The van der Waals surface area contributed by atoms with Gasteiger partial charge in [-0.1, -0.05) is 26.0 Å². The molecule has 1 aromatic rings. The van der Waals surface area contributed by atoms with E-state index in [1.165, 1.54) is 12.1 Å². The zero-order valence-electron chi connectivity index (χ0n) is 12.9. The van der Waals surface area contributed by atoms with Gasteiger partial charge < -0.3 is 16.0 Å². The quantitative estimate of drug-likeness (QED) is 0.748. The van der Waals surface area contributed by atoms with Gasteiger partial charge in [0.15, 0.2) is 0 Å². The molecule has 0 aliphatic heterocycles. The minimum atomic E-state index is -0.388. The topological polar surface area (TPSA) is 70.2 Å². The Morgan fingerprint density at radius 3 is 2.41 bits per heavy atom. The van der Waals surface area contributed by atoms with Crippen LogP contribution in [0.25, 0.3) is 0 Å². The van der Waals surface area contributed by atoms with Crippen LogP contribution in [-0.2, 0) is 10.2 Å². The summed E-state index contributed by atoms with van der Waals surface area (Å²) in [5, 5.41) is 8.06. The van der Waals surface area contributed by atoms with Crippen LogP contribution in [0.3, 0.4) is 0 Å². The number of rotatable bonds is 6. The fraction of sp³-hybridized carbons (Fsp3) is 0.500. The molecule has 3 amide bonds. The van der Waals surface area contributed by atoms with Crippen LogP contribution in [0.15, 0.2) is 24.3 Å². The van der Waals surface area contributed by atoms with E-state index in [1.807, 2.05) is 13.8 Å². The smallest absolute Gasteiger partial charge is 0.315 e. The van der Waals surface area contributed by atoms with Crippen molar-refractivity contribution in [1.82, 2.24) is 16.0 Å². The molecule has 0 spiro atoms. The number of urea groups is 1. The summed E-state index contributed by atoms with van der Waals surface area (Å²) in [6.45, 7) is 4.27. The molecule has 1 aliphatic rings. The maximum atomic E-state index is 12.9. The number of hydrogen-bond donors (Lipinski definition) is 3. The minimum Gasteiger partial charge on any atom is -0.352 e. The van der Waals surface area contributed by atoms with E-state index in [0.717, 1.165) is 18.4 Å². The third-order valence-electron chi connectivity index (χ3n) is 3.67. The molecule has 0 unspecified atom stereocenters. The minimum absolute atomic E-state index is 0.0285. The lowest BCUT2D eigenvalue weighted by Gasteiger charge is -2.25. The van der Waals surface area contributed by atoms with Gasteiger partial charge in [0.1, 0.15) is 5.82 Å². The van der Waals surface area contributed by atoms with Crippen LogP contribution in [0.2, 0.25) is 0 Å². The molecule has 1 fully saturated rings. The van der Waals surface area contributed by atoms with Crippen LogP contribution in [0.4, 0.5) is 9.18 Å². The van der Waals surface area contributed by atoms with Crippen LogP contribution in [-0.4, -0.2) is 31.1 Å². The molecule has 1 saturated carbocycles. The Hall–Kier alpha value is -2.11. The molecule has 3 N–H and O–H groups in total. The van der Waals surface area contributed by atoms with Gasteiger partial charge in [-0.25, -0.2) is 9.18 Å². The third-order valence-corrected chi connectivity index (χ3v) is 3.67. The SMILES string of the molecule is CC(C)(CNC(=O)NCC(=O)NC1CC1)c1ccc(F)cc1. The molecule has 0 radical (unpaired) electrons. The van der Waals surface area contributed by atoms with Crippen LogP contribution >= 0.6 is 0 Å². The number of hydrogen-bond acceptors (Lipinski definition) is 2. The molecular weight excluding hydrogens is 285 g/mol. The summed E-state index contributed by atoms with van der Waals surface area (Å²) in [5.74, 6) is -0.456. The first-order chi connectivity index (χ1) is 10.4. The highest BCUT2D eigenvalue weighted by molar-refractivity contribution is 5.84. The molecule has 120 valence electrons. The maximum Gasteiger partial charge on any atom is 0.315 e. The van der Waals surface area contributed by atoms with E-state index in [-0.39, 0.29) is 35.8 Å². The monoisotopic (exact) mass is 307 g/mol. The molecule has 0 bridgehead atoms. The molecule has 0 saturated heterocycles. The van der Waals surface area contributed by atoms with Crippen LogP contribution in [0, 0.1) is 5.82 Å². The van der Waals surface area contributed by atoms with Gasteiger partial charge in [0.25, 0.3) is 0 Å². The van der Waals surface area contributed by atoms with E-state index in [4.69, 9.17) is 0 Å². The average molecular weight is 307 g/mol. The second-order valence-electron chi connectivity index (χ2n) is 6.27. The van der Waals surface area contributed by atoms with E-state index in [2.05, 4.69) is 16.0 Å². The van der Waals surface area contributed by atoms with Crippen molar-refractivity contribution >= 4 is 11.9 Å². The van der Waals surface area contributed by atoms with E-state index in [9.17, 15) is 14.0 Å². The van der Waals surface area contributed by atoms with Crippen molar-refractivity contribution in [2.24, 2.45) is 0 Å². The lowest BCUT2D eigenvalue weighted by molar-refractivity contribution is -0.120. The van der Waals surface area contributed by atoms with Crippen molar-refractivity contribution in [1.29, 1.82) is 0 Å². The highest BCUT2D eigenvalue weighted by Crippen LogP contribution is 2.22. The summed E-state index contributed by atoms with van der Waals surface area (Å²) < 4.78 is 12.9. The number of carbonyl (C=O) groups excluding carboxylic acids is 2. The molecule has 0 aromatic heterocycles. The Morgan fingerprint density at radius 1 is 1.18 bits per heavy atom. The number of carbonyl (C=O) groups is 2. The van der Waals surface area contributed by atoms with Gasteiger partial charge in [-0.15, -0.1) is 0 Å². The lowest BCUT2D eigenvalue weighted by Crippen LogP contribution is -2.45. The van der Waals surface area contributed by atoms with Crippen molar-refractivity contribution < 1.29 is 14.0 Å². The largest absolute Gasteiger partial charge is 0.352 e. The van der Waals surface area contributed by atoms with Crippen LogP contribution < -0.4 is 16.0 Å². The number of nitrogens with one attached hydrogen (secondary N) is 3. The van der Waals surface area contributed by atoms with Gasteiger partial charge in [-0.05, 0) is 30.5 Å². The zero-order valence-corrected chi connectivity index (χ0v) is 12.9. The van der Waals surface area contributed by atoms with Gasteiger partial charge in [-0.2, -0.15) is 0 Å². The summed E-state index contributed by atoms with van der Waals surface area (Å²) >= 11 is 0. The predicted molar refractivity (Wildman–Crippen MR) is 82.0 cm³/mol. The van der Waals surface area contributed by atoms with E-state index in [0.29, 0.717) is 6.54 Å². The Bertz CT molecular complexity index is 539. The first kappa shape index (κ1) is 16.3. The van der Waals surface area contributed by atoms with E-state index < -0.39 is 0 Å². The van der Waals surface area contributed by atoms with Gasteiger partial charge in [0.2, 0.25) is 5.91 Å². The Morgan fingerprint density at radius 2 is 1.82 bits per heavy atom. The van der Waals surface area contributed by atoms with Gasteiger partial charge in [0.05, 0.1) is 6.54 Å². The van der Waals surface area contributed by atoms with Crippen molar-refractivity contribution in [3.05, 3.63) is 35.6 Å². The third kappa shape index (κ3) is 5.02. The van der Waals surface area contributed by atoms with Crippen molar-refractivity contribution in [2.45, 2.75) is 38.1 Å². The number of halogens is 1. The summed E-state index contributed by atoms with van der Waals surface area (Å²) in [7, 11) is 0. The van der Waals surface area contributed by atoms with Gasteiger partial charge in [-0.3, -0.25) is 4.79 Å². The predicted octanol–water partition coefficient (Wildman–Crippen LogP) is 1.68. The summed E-state index contributed by atoms with van der Waals surface area (Å²) in [6.07, 6.45) is 2.04. The first-order valence-electron chi connectivity index (χ1n) is 7.44. The maximum absolute atomic E-state index is 12.9. The average Bonchev–Trinajstić information content (AvgIpc) is 3.27. The fourth-order valence-electron chi connectivity index (χ4n) is 2.03. The standard InChI is InChI=1S/C16H22FN3O2/c1-16(2,11-3-5-12(17)6-4-11)10-19-15(22)18-9-14(21)20-13-7-8-13/h3-6,13H,7-10H2,1-2H3,(H,20,21)(H2,18,19,22). The van der Waals surface area contributed by atoms with Gasteiger partial charge in [0, 0.05) is 18.0 Å². The molecule has 22 heavy (non-hydrogen) atoms. The molecule has 5 nitrogen and oxygen atoms in total. The molecule has 1 aromatic carbocycles. The normalized spacial score (nSPS) is 14.3.